The smallest absolute Gasteiger partial charge is 0.222 e. The van der Waals surface area contributed by atoms with Crippen molar-refractivity contribution in [3.8, 4) is 0 Å². The molecule has 2 aromatic rings. The van der Waals surface area contributed by atoms with Crippen molar-refractivity contribution in [2.24, 2.45) is 5.92 Å². The molecule has 3 aliphatic rings. The number of likely N-dealkylation sites (tertiary alicyclic amines) is 2. The molecule has 0 aromatic heterocycles. The number of piperidine rings is 2. The van der Waals surface area contributed by atoms with Crippen LogP contribution in [0.4, 0.5) is 14.5 Å². The van der Waals surface area contributed by atoms with E-state index in [0.717, 1.165) is 51.4 Å². The number of aryl methyl sites for hydroxylation is 1. The SMILES string of the molecule is O=C(CCc1cc(F)cc(F)c1)N1CCC(C(O)CN2CCC3(CC2)CNc2ccccc23)CC1. The molecule has 188 valence electrons. The lowest BCUT2D eigenvalue weighted by molar-refractivity contribution is -0.133. The highest BCUT2D eigenvalue weighted by atomic mass is 19.1. The Kier molecular flexibility index (Phi) is 7.07. The van der Waals surface area contributed by atoms with E-state index in [0.29, 0.717) is 31.6 Å². The van der Waals surface area contributed by atoms with Crippen molar-refractivity contribution < 1.29 is 18.7 Å². The Morgan fingerprint density at radius 2 is 1.74 bits per heavy atom. The van der Waals surface area contributed by atoms with Gasteiger partial charge in [-0.15, -0.1) is 0 Å². The monoisotopic (exact) mass is 483 g/mol. The van der Waals surface area contributed by atoms with E-state index >= 15 is 0 Å². The van der Waals surface area contributed by atoms with Crippen LogP contribution in [-0.4, -0.2) is 66.2 Å². The molecule has 2 fully saturated rings. The summed E-state index contributed by atoms with van der Waals surface area (Å²) in [6, 6.07) is 12.0. The molecule has 0 aliphatic carbocycles. The number of aliphatic hydroxyl groups excluding tert-OH is 1. The number of aliphatic hydroxyl groups is 1. The van der Waals surface area contributed by atoms with Gasteiger partial charge in [0.2, 0.25) is 5.91 Å². The number of nitrogens with one attached hydrogen (secondary N) is 1. The minimum atomic E-state index is -0.615. The maximum Gasteiger partial charge on any atom is 0.222 e. The standard InChI is InChI=1S/C28H35F2N3O2/c29-22-15-20(16-23(30)17-22)5-6-27(35)33-11-7-21(8-12-33)26(34)18-32-13-9-28(10-14-32)19-31-25-4-2-1-3-24(25)28/h1-4,15-17,21,26,31,34H,5-14,18-19H2. The summed E-state index contributed by atoms with van der Waals surface area (Å²) in [7, 11) is 0. The number of anilines is 1. The Bertz CT molecular complexity index is 1030. The molecule has 5 nitrogen and oxygen atoms in total. The summed E-state index contributed by atoms with van der Waals surface area (Å²) >= 11 is 0. The van der Waals surface area contributed by atoms with Crippen LogP contribution in [0.25, 0.3) is 0 Å². The first-order valence-electron chi connectivity index (χ1n) is 12.9. The van der Waals surface area contributed by atoms with Gasteiger partial charge in [-0.05, 0) is 80.4 Å². The van der Waals surface area contributed by atoms with Gasteiger partial charge in [0.1, 0.15) is 11.6 Å². The maximum absolute atomic E-state index is 13.4. The van der Waals surface area contributed by atoms with Gasteiger partial charge in [-0.3, -0.25) is 4.79 Å². The molecule has 0 radical (unpaired) electrons. The lowest BCUT2D eigenvalue weighted by Gasteiger charge is -2.41. The summed E-state index contributed by atoms with van der Waals surface area (Å²) in [6.45, 7) is 4.93. The second-order valence-electron chi connectivity index (χ2n) is 10.5. The summed E-state index contributed by atoms with van der Waals surface area (Å²) < 4.78 is 26.7. The summed E-state index contributed by atoms with van der Waals surface area (Å²) in [4.78, 5) is 16.8. The number of para-hydroxylation sites is 1. The molecule has 1 spiro atoms. The van der Waals surface area contributed by atoms with Crippen molar-refractivity contribution in [2.75, 3.05) is 44.6 Å². The molecular formula is C28H35F2N3O2. The largest absolute Gasteiger partial charge is 0.392 e. The normalized spacial score (nSPS) is 21.1. The van der Waals surface area contributed by atoms with Gasteiger partial charge < -0.3 is 20.2 Å². The minimum Gasteiger partial charge on any atom is -0.392 e. The number of fused-ring (bicyclic) bond motifs is 2. The van der Waals surface area contributed by atoms with E-state index < -0.39 is 11.6 Å². The van der Waals surface area contributed by atoms with Gasteiger partial charge in [0.15, 0.2) is 0 Å². The predicted octanol–water partition coefficient (Wildman–Crippen LogP) is 3.96. The van der Waals surface area contributed by atoms with Crippen molar-refractivity contribution in [3.63, 3.8) is 0 Å². The zero-order chi connectivity index (χ0) is 24.4. The molecule has 2 aromatic carbocycles. The van der Waals surface area contributed by atoms with Crippen LogP contribution < -0.4 is 5.32 Å². The van der Waals surface area contributed by atoms with Gasteiger partial charge in [-0.1, -0.05) is 18.2 Å². The highest BCUT2D eigenvalue weighted by Crippen LogP contribution is 2.43. The number of β-amino-alcohol motifs (C(OH)–C–C–N with tert-alkyl or cyclic N) is 1. The molecule has 3 aliphatic heterocycles. The lowest BCUT2D eigenvalue weighted by atomic mass is 9.74. The summed E-state index contributed by atoms with van der Waals surface area (Å²) in [5, 5.41) is 14.5. The van der Waals surface area contributed by atoms with Gasteiger partial charge in [0, 0.05) is 49.8 Å². The Hall–Kier alpha value is -2.51. The number of nitrogens with zero attached hydrogens (tertiary/aromatic N) is 2. The Labute approximate surface area is 206 Å². The first-order chi connectivity index (χ1) is 16.9. The van der Waals surface area contributed by atoms with Crippen LogP contribution in [0.1, 0.15) is 43.2 Å². The first-order valence-corrected chi connectivity index (χ1v) is 12.9. The van der Waals surface area contributed by atoms with E-state index in [1.807, 2.05) is 4.90 Å². The third-order valence-electron chi connectivity index (χ3n) is 8.36. The fourth-order valence-corrected chi connectivity index (χ4v) is 6.18. The Morgan fingerprint density at radius 3 is 2.46 bits per heavy atom. The minimum absolute atomic E-state index is 0.00870. The summed E-state index contributed by atoms with van der Waals surface area (Å²) in [6.07, 6.45) is 3.96. The molecule has 1 atom stereocenters. The van der Waals surface area contributed by atoms with Crippen LogP contribution in [0.3, 0.4) is 0 Å². The highest BCUT2D eigenvalue weighted by Gasteiger charge is 2.41. The molecule has 7 heteroatoms. The van der Waals surface area contributed by atoms with Crippen LogP contribution >= 0.6 is 0 Å². The van der Waals surface area contributed by atoms with Gasteiger partial charge in [-0.25, -0.2) is 8.78 Å². The number of carbonyl (C=O) groups is 1. The van der Waals surface area contributed by atoms with Crippen molar-refractivity contribution in [3.05, 3.63) is 65.2 Å². The molecule has 0 bridgehead atoms. The molecular weight excluding hydrogens is 448 g/mol. The van der Waals surface area contributed by atoms with Gasteiger partial charge in [-0.2, -0.15) is 0 Å². The summed E-state index contributed by atoms with van der Waals surface area (Å²) in [5.41, 5.74) is 3.44. The average Bonchev–Trinajstić information content (AvgIpc) is 3.22. The molecule has 2 N–H and O–H groups in total. The number of amides is 1. The fraction of sp³-hybridized carbons (Fsp3) is 0.536. The number of carbonyl (C=O) groups excluding carboxylic acids is 1. The fourth-order valence-electron chi connectivity index (χ4n) is 6.18. The average molecular weight is 484 g/mol. The summed E-state index contributed by atoms with van der Waals surface area (Å²) in [5.74, 6) is -1.03. The molecule has 35 heavy (non-hydrogen) atoms. The van der Waals surface area contributed by atoms with Crippen LogP contribution in [0.5, 0.6) is 0 Å². The molecule has 0 saturated carbocycles. The Balaban J connectivity index is 1.05. The van der Waals surface area contributed by atoms with Gasteiger partial charge >= 0.3 is 0 Å². The van der Waals surface area contributed by atoms with E-state index in [-0.39, 0.29) is 29.8 Å². The quantitative estimate of drug-likeness (QED) is 0.653. The van der Waals surface area contributed by atoms with Gasteiger partial charge in [0.05, 0.1) is 6.10 Å². The van der Waals surface area contributed by atoms with E-state index in [1.165, 1.54) is 23.4 Å². The van der Waals surface area contributed by atoms with E-state index in [9.17, 15) is 18.7 Å². The lowest BCUT2D eigenvalue weighted by Crippen LogP contribution is -2.48. The maximum atomic E-state index is 13.4. The zero-order valence-corrected chi connectivity index (χ0v) is 20.2. The van der Waals surface area contributed by atoms with E-state index in [2.05, 4.69) is 34.5 Å². The predicted molar refractivity (Wildman–Crippen MR) is 132 cm³/mol. The molecule has 5 rings (SSSR count). The third-order valence-corrected chi connectivity index (χ3v) is 8.36. The first kappa shape index (κ1) is 24.2. The molecule has 3 heterocycles. The van der Waals surface area contributed by atoms with Crippen LogP contribution in [-0.2, 0) is 16.6 Å². The highest BCUT2D eigenvalue weighted by molar-refractivity contribution is 5.76. The van der Waals surface area contributed by atoms with Crippen LogP contribution in [0, 0.1) is 17.6 Å². The van der Waals surface area contributed by atoms with Crippen molar-refractivity contribution in [2.45, 2.75) is 50.0 Å². The van der Waals surface area contributed by atoms with Crippen LogP contribution in [0.15, 0.2) is 42.5 Å². The topological polar surface area (TPSA) is 55.8 Å². The van der Waals surface area contributed by atoms with Gasteiger partial charge in [0.25, 0.3) is 0 Å². The second-order valence-corrected chi connectivity index (χ2v) is 10.5. The number of rotatable bonds is 6. The third kappa shape index (κ3) is 5.36. The second kappa shape index (κ2) is 10.2. The van der Waals surface area contributed by atoms with Crippen molar-refractivity contribution >= 4 is 11.6 Å². The van der Waals surface area contributed by atoms with E-state index in [4.69, 9.17) is 0 Å². The number of hydrogen-bond donors (Lipinski definition) is 2. The number of hydrogen-bond acceptors (Lipinski definition) is 4. The van der Waals surface area contributed by atoms with E-state index in [1.54, 1.807) is 0 Å². The van der Waals surface area contributed by atoms with Crippen LogP contribution in [0.2, 0.25) is 0 Å². The Morgan fingerprint density at radius 1 is 1.06 bits per heavy atom. The number of halogens is 2. The van der Waals surface area contributed by atoms with Crippen molar-refractivity contribution in [1.82, 2.24) is 9.80 Å². The zero-order valence-electron chi connectivity index (χ0n) is 20.2. The number of benzene rings is 2. The van der Waals surface area contributed by atoms with Crippen molar-refractivity contribution in [1.29, 1.82) is 0 Å². The molecule has 2 saturated heterocycles. The molecule has 1 unspecified atom stereocenters. The molecule has 1 amide bonds.